The Morgan fingerprint density at radius 1 is 1.11 bits per heavy atom. The molecule has 0 aliphatic rings. The summed E-state index contributed by atoms with van der Waals surface area (Å²) in [6.45, 7) is 3.76. The molecule has 0 fully saturated rings. The van der Waals surface area contributed by atoms with Crippen molar-refractivity contribution < 1.29 is 23.5 Å². The number of fused-ring (bicyclic) bond motifs is 1. The summed E-state index contributed by atoms with van der Waals surface area (Å²) >= 11 is 6.09. The number of nitrogens with two attached hydrogens (primary N) is 1. The number of benzene rings is 3. The molecule has 3 aromatic carbocycles. The summed E-state index contributed by atoms with van der Waals surface area (Å²) < 4.78 is 16.5. The highest BCUT2D eigenvalue weighted by Gasteiger charge is 2.33. The number of halogens is 1. The predicted octanol–water partition coefficient (Wildman–Crippen LogP) is 5.82. The molecule has 4 rings (SSSR count). The van der Waals surface area contributed by atoms with Gasteiger partial charge in [0.2, 0.25) is 0 Å². The fourth-order valence-electron chi connectivity index (χ4n) is 4.22. The fraction of sp³-hybridized carbons (Fsp3) is 0.207. The fourth-order valence-corrected chi connectivity index (χ4v) is 4.38. The predicted molar refractivity (Wildman–Crippen MR) is 142 cm³/mol. The molecule has 0 saturated carbocycles. The largest absolute Gasteiger partial charge is 0.457 e. The molecule has 0 saturated heterocycles. The third-order valence-electron chi connectivity index (χ3n) is 6.09. The molecule has 1 heterocycles. The highest BCUT2D eigenvalue weighted by atomic mass is 35.5. The highest BCUT2D eigenvalue weighted by Crippen LogP contribution is 2.34. The van der Waals surface area contributed by atoms with E-state index in [2.05, 4.69) is 6.92 Å². The summed E-state index contributed by atoms with van der Waals surface area (Å²) in [4.78, 5) is 35.0. The van der Waals surface area contributed by atoms with Gasteiger partial charge in [-0.25, -0.2) is 4.79 Å². The molecule has 37 heavy (non-hydrogen) atoms. The number of amides is 1. The molecule has 0 radical (unpaired) electrons. The molecule has 1 aromatic heterocycles. The van der Waals surface area contributed by atoms with Crippen molar-refractivity contribution in [3.63, 3.8) is 0 Å². The first-order valence-electron chi connectivity index (χ1n) is 11.8. The Balaban J connectivity index is 1.68. The molecule has 0 bridgehead atoms. The van der Waals surface area contributed by atoms with E-state index in [4.69, 9.17) is 31.2 Å². The van der Waals surface area contributed by atoms with Crippen LogP contribution in [0.2, 0.25) is 5.02 Å². The summed E-state index contributed by atoms with van der Waals surface area (Å²) in [5.74, 6) is 0.484. The van der Waals surface area contributed by atoms with E-state index in [-0.39, 0.29) is 12.9 Å². The molecule has 1 amide bonds. The average Bonchev–Trinajstić information content (AvgIpc) is 2.84. The minimum absolute atomic E-state index is 0.104. The molecule has 0 spiro atoms. The summed E-state index contributed by atoms with van der Waals surface area (Å²) in [5.41, 5.74) is 7.23. The van der Waals surface area contributed by atoms with Gasteiger partial charge in [-0.2, -0.15) is 0 Å². The van der Waals surface area contributed by atoms with Crippen LogP contribution in [-0.4, -0.2) is 18.0 Å². The lowest BCUT2D eigenvalue weighted by atomic mass is 9.95. The van der Waals surface area contributed by atoms with Crippen molar-refractivity contribution in [2.75, 3.05) is 0 Å². The second-order valence-corrected chi connectivity index (χ2v) is 9.36. The molecule has 0 unspecified atom stereocenters. The molecule has 190 valence electrons. The van der Waals surface area contributed by atoms with Crippen LogP contribution in [0.1, 0.15) is 31.4 Å². The number of hydrogen-bond acceptors (Lipinski definition) is 6. The van der Waals surface area contributed by atoms with Gasteiger partial charge >= 0.3 is 5.63 Å². The Labute approximate surface area is 218 Å². The third-order valence-corrected chi connectivity index (χ3v) is 6.33. The Bertz CT molecular complexity index is 1530. The van der Waals surface area contributed by atoms with Crippen molar-refractivity contribution >= 4 is 34.9 Å². The lowest BCUT2D eigenvalue weighted by Crippen LogP contribution is -2.45. The quantitative estimate of drug-likeness (QED) is 0.209. The smallest absolute Gasteiger partial charge is 0.336 e. The van der Waals surface area contributed by atoms with Crippen LogP contribution >= 0.6 is 11.6 Å². The van der Waals surface area contributed by atoms with Gasteiger partial charge in [0.25, 0.3) is 12.4 Å². The standard InChI is InChI=1S/C29H26ClNO6/c1-3-5-20-13-19(24-15-27(33)37-26-14-21(30)9-10-23(24)26)8-11-25(20)36-22-7-4-6-18(12-22)16-29(2,28(31)34)35-17-32/h4,6-15,17H,3,5,16H2,1-2H3,(H2,31,34)/t29-/m1/s1. The van der Waals surface area contributed by atoms with Crippen LogP contribution in [0.15, 0.2) is 75.9 Å². The van der Waals surface area contributed by atoms with Crippen molar-refractivity contribution in [3.05, 3.63) is 93.3 Å². The number of primary amides is 1. The maximum atomic E-state index is 12.2. The Morgan fingerprint density at radius 2 is 1.92 bits per heavy atom. The van der Waals surface area contributed by atoms with E-state index in [1.54, 1.807) is 36.4 Å². The molecule has 1 atom stereocenters. The van der Waals surface area contributed by atoms with Crippen LogP contribution in [0.4, 0.5) is 0 Å². The van der Waals surface area contributed by atoms with E-state index in [9.17, 15) is 14.4 Å². The normalized spacial score (nSPS) is 12.6. The summed E-state index contributed by atoms with van der Waals surface area (Å²) in [5, 5.41) is 1.27. The van der Waals surface area contributed by atoms with Gasteiger partial charge in [-0.1, -0.05) is 43.1 Å². The van der Waals surface area contributed by atoms with Crippen LogP contribution in [0.25, 0.3) is 22.1 Å². The van der Waals surface area contributed by atoms with Gasteiger partial charge in [-0.3, -0.25) is 9.59 Å². The SMILES string of the molecule is CCCc1cc(-c2cc(=O)oc3cc(Cl)ccc23)ccc1Oc1cccc(C[C@@](C)(OC=O)C(N)=O)c1. The molecule has 7 nitrogen and oxygen atoms in total. The van der Waals surface area contributed by atoms with Crippen molar-refractivity contribution in [3.8, 4) is 22.6 Å². The van der Waals surface area contributed by atoms with E-state index < -0.39 is 17.1 Å². The number of carbonyl (C=O) groups is 2. The van der Waals surface area contributed by atoms with E-state index in [0.29, 0.717) is 22.1 Å². The van der Waals surface area contributed by atoms with Crippen molar-refractivity contribution in [1.82, 2.24) is 0 Å². The van der Waals surface area contributed by atoms with Crippen LogP contribution in [-0.2, 0) is 27.2 Å². The maximum absolute atomic E-state index is 12.2. The molecule has 0 aliphatic carbocycles. The highest BCUT2D eigenvalue weighted by molar-refractivity contribution is 6.31. The topological polar surface area (TPSA) is 109 Å². The van der Waals surface area contributed by atoms with Crippen LogP contribution in [0.3, 0.4) is 0 Å². The van der Waals surface area contributed by atoms with Gasteiger partial charge in [0, 0.05) is 29.0 Å². The first kappa shape index (κ1) is 26.0. The monoisotopic (exact) mass is 519 g/mol. The van der Waals surface area contributed by atoms with Gasteiger partial charge in [-0.15, -0.1) is 0 Å². The van der Waals surface area contributed by atoms with Crippen LogP contribution in [0, 0.1) is 0 Å². The third kappa shape index (κ3) is 5.84. The maximum Gasteiger partial charge on any atom is 0.336 e. The summed E-state index contributed by atoms with van der Waals surface area (Å²) in [6, 6.07) is 19.6. The zero-order chi connectivity index (χ0) is 26.6. The van der Waals surface area contributed by atoms with Gasteiger partial charge < -0.3 is 19.6 Å². The van der Waals surface area contributed by atoms with Gasteiger partial charge in [-0.05, 0) is 72.0 Å². The van der Waals surface area contributed by atoms with Crippen LogP contribution in [0.5, 0.6) is 11.5 Å². The minimum Gasteiger partial charge on any atom is -0.457 e. The first-order valence-corrected chi connectivity index (χ1v) is 12.1. The van der Waals surface area contributed by atoms with Crippen molar-refractivity contribution in [2.45, 2.75) is 38.7 Å². The second kappa shape index (κ2) is 10.9. The van der Waals surface area contributed by atoms with Gasteiger partial charge in [0.15, 0.2) is 5.60 Å². The number of aryl methyl sites for hydroxylation is 1. The van der Waals surface area contributed by atoms with Gasteiger partial charge in [0.05, 0.1) is 0 Å². The molecular formula is C29H26ClNO6. The Hall–Kier alpha value is -4.10. The first-order chi connectivity index (χ1) is 17.7. The number of hydrogen-bond donors (Lipinski definition) is 1. The zero-order valence-electron chi connectivity index (χ0n) is 20.5. The lowest BCUT2D eigenvalue weighted by Gasteiger charge is -2.24. The average molecular weight is 520 g/mol. The van der Waals surface area contributed by atoms with E-state index in [1.165, 1.54) is 13.0 Å². The molecule has 2 N–H and O–H groups in total. The summed E-state index contributed by atoms with van der Waals surface area (Å²) in [6.07, 6.45) is 1.74. The molecule has 0 aliphatic heterocycles. The molecule has 8 heteroatoms. The summed E-state index contributed by atoms with van der Waals surface area (Å²) in [7, 11) is 0. The number of ether oxygens (including phenoxy) is 2. The lowest BCUT2D eigenvalue weighted by molar-refractivity contribution is -0.154. The number of rotatable bonds is 10. The van der Waals surface area contributed by atoms with E-state index >= 15 is 0 Å². The van der Waals surface area contributed by atoms with E-state index in [1.807, 2.05) is 24.3 Å². The van der Waals surface area contributed by atoms with Crippen molar-refractivity contribution in [2.24, 2.45) is 5.73 Å². The zero-order valence-corrected chi connectivity index (χ0v) is 21.2. The van der Waals surface area contributed by atoms with Crippen LogP contribution < -0.4 is 16.1 Å². The van der Waals surface area contributed by atoms with Crippen molar-refractivity contribution in [1.29, 1.82) is 0 Å². The molecule has 4 aromatic rings. The Kier molecular flexibility index (Phi) is 7.64. The Morgan fingerprint density at radius 3 is 2.65 bits per heavy atom. The van der Waals surface area contributed by atoms with Gasteiger partial charge in [0.1, 0.15) is 17.1 Å². The second-order valence-electron chi connectivity index (χ2n) is 8.93. The molecular weight excluding hydrogens is 494 g/mol. The van der Waals surface area contributed by atoms with E-state index in [0.717, 1.165) is 40.5 Å². The minimum atomic E-state index is -1.47. The number of carbonyl (C=O) groups excluding carboxylic acids is 2.